The van der Waals surface area contributed by atoms with Gasteiger partial charge in [-0.2, -0.15) is 5.10 Å². The molecule has 0 aliphatic carbocycles. The van der Waals surface area contributed by atoms with Crippen LogP contribution in [0.3, 0.4) is 0 Å². The van der Waals surface area contributed by atoms with Crippen molar-refractivity contribution in [2.24, 2.45) is 0 Å². The monoisotopic (exact) mass is 338 g/mol. The molecule has 0 saturated heterocycles. The highest BCUT2D eigenvalue weighted by Gasteiger charge is 2.12. The summed E-state index contributed by atoms with van der Waals surface area (Å²) in [5.74, 6) is -1.35. The molecule has 0 radical (unpaired) electrons. The molecule has 3 rings (SSSR count). The largest absolute Gasteiger partial charge is 0.476 e. The molecule has 1 unspecified atom stereocenters. The van der Waals surface area contributed by atoms with Crippen LogP contribution in [0.2, 0.25) is 0 Å². The number of benzene rings is 1. The molecule has 0 aliphatic rings. The molecule has 25 heavy (non-hydrogen) atoms. The molecule has 2 N–H and O–H groups in total. The van der Waals surface area contributed by atoms with E-state index in [9.17, 15) is 9.59 Å². The molecule has 1 amide bonds. The van der Waals surface area contributed by atoms with E-state index < -0.39 is 5.97 Å². The lowest BCUT2D eigenvalue weighted by molar-refractivity contribution is -0.122. The third kappa shape index (κ3) is 3.95. The number of carboxylic acids is 1. The van der Waals surface area contributed by atoms with Gasteiger partial charge in [-0.3, -0.25) is 9.48 Å². The summed E-state index contributed by atoms with van der Waals surface area (Å²) >= 11 is 0. The molecule has 1 atom stereocenters. The number of nitrogens with one attached hydrogen (secondary N) is 1. The van der Waals surface area contributed by atoms with Crippen LogP contribution >= 0.6 is 0 Å². The van der Waals surface area contributed by atoms with E-state index in [0.29, 0.717) is 0 Å². The van der Waals surface area contributed by atoms with Gasteiger partial charge < -0.3 is 15.0 Å². The normalized spacial score (nSPS) is 11.9. The molecule has 0 spiro atoms. The molecular formula is C18H18N4O3. The lowest BCUT2D eigenvalue weighted by atomic mass is 10.1. The molecule has 0 saturated carbocycles. The van der Waals surface area contributed by atoms with Gasteiger partial charge in [0.1, 0.15) is 6.54 Å². The molecule has 2 heterocycles. The van der Waals surface area contributed by atoms with Gasteiger partial charge in [0, 0.05) is 24.3 Å². The molecule has 3 aromatic rings. The number of hydrogen-bond donors (Lipinski definition) is 2. The first-order chi connectivity index (χ1) is 12.0. The SMILES string of the molecule is CC(NC(=O)Cn1ccc(C(=O)O)n1)c1ccc(-n2cccc2)cc1. The Morgan fingerprint density at radius 3 is 2.40 bits per heavy atom. The predicted octanol–water partition coefficient (Wildman–Crippen LogP) is 2.25. The van der Waals surface area contributed by atoms with Gasteiger partial charge in [0.2, 0.25) is 5.91 Å². The van der Waals surface area contributed by atoms with Crippen LogP contribution in [0, 0.1) is 0 Å². The molecule has 128 valence electrons. The minimum absolute atomic E-state index is 0.0287. The maximum absolute atomic E-state index is 12.1. The third-order valence-electron chi connectivity index (χ3n) is 3.84. The first kappa shape index (κ1) is 16.5. The van der Waals surface area contributed by atoms with Crippen molar-refractivity contribution in [3.63, 3.8) is 0 Å². The van der Waals surface area contributed by atoms with Crippen molar-refractivity contribution < 1.29 is 14.7 Å². The summed E-state index contributed by atoms with van der Waals surface area (Å²) in [6.45, 7) is 1.87. The van der Waals surface area contributed by atoms with Gasteiger partial charge in [0.05, 0.1) is 6.04 Å². The van der Waals surface area contributed by atoms with Crippen LogP contribution in [-0.4, -0.2) is 31.3 Å². The summed E-state index contributed by atoms with van der Waals surface area (Å²) in [5, 5.41) is 15.5. The summed E-state index contributed by atoms with van der Waals surface area (Å²) in [6, 6.07) is 13.0. The number of nitrogens with zero attached hydrogens (tertiary/aromatic N) is 3. The fourth-order valence-corrected chi connectivity index (χ4v) is 2.52. The lowest BCUT2D eigenvalue weighted by Gasteiger charge is -2.15. The Morgan fingerprint density at radius 1 is 1.12 bits per heavy atom. The topological polar surface area (TPSA) is 89.2 Å². The van der Waals surface area contributed by atoms with Gasteiger partial charge in [-0.05, 0) is 42.8 Å². The van der Waals surface area contributed by atoms with Crippen molar-refractivity contribution in [1.82, 2.24) is 19.7 Å². The number of rotatable bonds is 6. The van der Waals surface area contributed by atoms with Crippen molar-refractivity contribution in [1.29, 1.82) is 0 Å². The average molecular weight is 338 g/mol. The highest BCUT2D eigenvalue weighted by molar-refractivity contribution is 5.85. The number of aromatic nitrogens is 3. The summed E-state index contributed by atoms with van der Waals surface area (Å²) in [5.41, 5.74) is 1.95. The third-order valence-corrected chi connectivity index (χ3v) is 3.84. The molecular weight excluding hydrogens is 320 g/mol. The van der Waals surface area contributed by atoms with Crippen LogP contribution in [0.4, 0.5) is 0 Å². The number of amides is 1. The standard InChI is InChI=1S/C18H18N4O3/c1-13(14-4-6-15(7-5-14)21-9-2-3-10-21)19-17(23)12-22-11-8-16(20-22)18(24)25/h2-11,13H,12H2,1H3,(H,19,23)(H,24,25). The zero-order valence-corrected chi connectivity index (χ0v) is 13.7. The Balaban J connectivity index is 1.60. The van der Waals surface area contributed by atoms with Crippen molar-refractivity contribution in [2.75, 3.05) is 0 Å². The van der Waals surface area contributed by atoms with E-state index in [4.69, 9.17) is 5.11 Å². The van der Waals surface area contributed by atoms with Gasteiger partial charge in [-0.25, -0.2) is 4.79 Å². The van der Waals surface area contributed by atoms with Crippen molar-refractivity contribution in [3.8, 4) is 5.69 Å². The van der Waals surface area contributed by atoms with E-state index in [0.717, 1.165) is 11.3 Å². The van der Waals surface area contributed by atoms with Gasteiger partial charge in [-0.1, -0.05) is 12.1 Å². The van der Waals surface area contributed by atoms with E-state index in [1.54, 1.807) is 0 Å². The first-order valence-electron chi connectivity index (χ1n) is 7.82. The molecule has 2 aromatic heterocycles. The number of carbonyl (C=O) groups excluding carboxylic acids is 1. The minimum Gasteiger partial charge on any atom is -0.476 e. The van der Waals surface area contributed by atoms with Crippen molar-refractivity contribution in [2.45, 2.75) is 19.5 Å². The number of carbonyl (C=O) groups is 2. The van der Waals surface area contributed by atoms with Gasteiger partial charge >= 0.3 is 5.97 Å². The quantitative estimate of drug-likeness (QED) is 0.721. The smallest absolute Gasteiger partial charge is 0.356 e. The second-order valence-corrected chi connectivity index (χ2v) is 5.67. The Labute approximate surface area is 144 Å². The second-order valence-electron chi connectivity index (χ2n) is 5.67. The fraction of sp³-hybridized carbons (Fsp3) is 0.167. The van der Waals surface area contributed by atoms with E-state index >= 15 is 0 Å². The summed E-state index contributed by atoms with van der Waals surface area (Å²) in [6.07, 6.45) is 5.41. The highest BCUT2D eigenvalue weighted by Crippen LogP contribution is 2.16. The van der Waals surface area contributed by atoms with E-state index in [2.05, 4.69) is 10.4 Å². The summed E-state index contributed by atoms with van der Waals surface area (Å²) < 4.78 is 3.31. The van der Waals surface area contributed by atoms with Crippen LogP contribution in [0.1, 0.15) is 29.0 Å². The molecule has 7 nitrogen and oxygen atoms in total. The Morgan fingerprint density at radius 2 is 1.80 bits per heavy atom. The zero-order valence-electron chi connectivity index (χ0n) is 13.7. The molecule has 0 bridgehead atoms. The van der Waals surface area contributed by atoms with Gasteiger partial charge in [-0.15, -0.1) is 0 Å². The molecule has 1 aromatic carbocycles. The van der Waals surface area contributed by atoms with E-state index in [1.165, 1.54) is 16.9 Å². The zero-order chi connectivity index (χ0) is 17.8. The van der Waals surface area contributed by atoms with Crippen LogP contribution in [-0.2, 0) is 11.3 Å². The predicted molar refractivity (Wildman–Crippen MR) is 91.5 cm³/mol. The van der Waals surface area contributed by atoms with Crippen molar-refractivity contribution >= 4 is 11.9 Å². The number of hydrogen-bond acceptors (Lipinski definition) is 3. The lowest BCUT2D eigenvalue weighted by Crippen LogP contribution is -2.30. The Bertz CT molecular complexity index is 866. The number of aromatic carboxylic acids is 1. The van der Waals surface area contributed by atoms with Crippen LogP contribution in [0.25, 0.3) is 5.69 Å². The highest BCUT2D eigenvalue weighted by atomic mass is 16.4. The first-order valence-corrected chi connectivity index (χ1v) is 7.82. The van der Waals surface area contributed by atoms with E-state index in [-0.39, 0.29) is 24.2 Å². The number of carboxylic acid groups (broad SMARTS) is 1. The van der Waals surface area contributed by atoms with Gasteiger partial charge in [0.15, 0.2) is 5.69 Å². The van der Waals surface area contributed by atoms with E-state index in [1.807, 2.05) is 60.3 Å². The molecule has 7 heteroatoms. The van der Waals surface area contributed by atoms with Crippen molar-refractivity contribution in [3.05, 3.63) is 72.3 Å². The maximum Gasteiger partial charge on any atom is 0.356 e. The van der Waals surface area contributed by atoms with Crippen LogP contribution in [0.15, 0.2) is 61.1 Å². The van der Waals surface area contributed by atoms with Crippen LogP contribution < -0.4 is 5.32 Å². The summed E-state index contributed by atoms with van der Waals surface area (Å²) in [7, 11) is 0. The Kier molecular flexibility index (Phi) is 4.65. The minimum atomic E-state index is -1.12. The fourth-order valence-electron chi connectivity index (χ4n) is 2.52. The second kappa shape index (κ2) is 7.04. The summed E-state index contributed by atoms with van der Waals surface area (Å²) in [4.78, 5) is 22.9. The molecule has 0 fully saturated rings. The Hall–Kier alpha value is -3.35. The maximum atomic E-state index is 12.1. The average Bonchev–Trinajstić information content (AvgIpc) is 3.26. The van der Waals surface area contributed by atoms with Crippen LogP contribution in [0.5, 0.6) is 0 Å². The van der Waals surface area contributed by atoms with Gasteiger partial charge in [0.25, 0.3) is 0 Å². The molecule has 0 aliphatic heterocycles.